The maximum atomic E-state index is 13.5. The van der Waals surface area contributed by atoms with Crippen LogP contribution in [0.25, 0.3) is 0 Å². The summed E-state index contributed by atoms with van der Waals surface area (Å²) in [5.74, 6) is 0.199. The van der Waals surface area contributed by atoms with Crippen molar-refractivity contribution in [1.82, 2.24) is 9.97 Å². The lowest BCUT2D eigenvalue weighted by atomic mass is 10.0. The van der Waals surface area contributed by atoms with Crippen LogP contribution in [0.15, 0.2) is 59.2 Å². The maximum absolute atomic E-state index is 13.5. The Kier molecular flexibility index (Phi) is 6.12. The van der Waals surface area contributed by atoms with Gasteiger partial charge >= 0.3 is 6.18 Å². The van der Waals surface area contributed by atoms with Crippen LogP contribution in [0.3, 0.4) is 0 Å². The van der Waals surface area contributed by atoms with E-state index in [0.29, 0.717) is 11.6 Å². The molecule has 1 N–H and O–H groups in total. The summed E-state index contributed by atoms with van der Waals surface area (Å²) in [5.41, 5.74) is 1.46. The number of aromatic nitrogens is 2. The molecular weight excluding hydrogens is 445 g/mol. The predicted octanol–water partition coefficient (Wildman–Crippen LogP) is 6.89. The molecule has 4 nitrogen and oxygen atoms in total. The normalized spacial score (nSPS) is 11.6. The molecule has 0 atom stereocenters. The van der Waals surface area contributed by atoms with E-state index in [9.17, 15) is 13.2 Å². The fraction of sp³-hybridized carbons (Fsp3) is 0.238. The van der Waals surface area contributed by atoms with E-state index >= 15 is 0 Å². The van der Waals surface area contributed by atoms with Gasteiger partial charge in [0.25, 0.3) is 0 Å². The molecule has 3 aromatic rings. The number of hydrogen-bond donors (Lipinski definition) is 1. The van der Waals surface area contributed by atoms with Crippen molar-refractivity contribution >= 4 is 39.1 Å². The molecule has 152 valence electrons. The third-order valence-electron chi connectivity index (χ3n) is 4.44. The zero-order valence-electron chi connectivity index (χ0n) is 16.1. The summed E-state index contributed by atoms with van der Waals surface area (Å²) in [6.45, 7) is 4.11. The fourth-order valence-electron chi connectivity index (χ4n) is 2.71. The van der Waals surface area contributed by atoms with Crippen LogP contribution < -0.4 is 10.2 Å². The number of hydrogen-bond acceptors (Lipinski definition) is 4. The van der Waals surface area contributed by atoms with Crippen molar-refractivity contribution in [3.8, 4) is 0 Å². The molecule has 1 heterocycles. The molecule has 0 aliphatic heterocycles. The van der Waals surface area contributed by atoms with Crippen molar-refractivity contribution in [2.75, 3.05) is 17.3 Å². The van der Waals surface area contributed by atoms with Gasteiger partial charge in [0.2, 0.25) is 5.95 Å². The van der Waals surface area contributed by atoms with E-state index in [2.05, 4.69) is 45.1 Å². The molecule has 8 heteroatoms. The summed E-state index contributed by atoms with van der Waals surface area (Å²) in [7, 11) is 1.70. The standard InChI is InChI=1S/C21H20BrF3N4/c1-13(2)14-4-8-16(9-5-14)27-19-18(21(23,24)25)12-26-20(28-19)29(3)17-10-6-15(22)7-11-17/h4-13H,1-3H3,(H,26,27,28). The Labute approximate surface area is 175 Å². The highest BCUT2D eigenvalue weighted by molar-refractivity contribution is 9.10. The first-order valence-corrected chi connectivity index (χ1v) is 9.75. The molecule has 0 saturated heterocycles. The van der Waals surface area contributed by atoms with Crippen molar-refractivity contribution < 1.29 is 13.2 Å². The number of benzene rings is 2. The third-order valence-corrected chi connectivity index (χ3v) is 4.96. The smallest absolute Gasteiger partial charge is 0.340 e. The van der Waals surface area contributed by atoms with E-state index in [-0.39, 0.29) is 11.8 Å². The molecule has 0 aliphatic rings. The Hall–Kier alpha value is -2.61. The molecule has 29 heavy (non-hydrogen) atoms. The van der Waals surface area contributed by atoms with Gasteiger partial charge in [0.1, 0.15) is 11.4 Å². The van der Waals surface area contributed by atoms with Gasteiger partial charge in [0.05, 0.1) is 0 Å². The van der Waals surface area contributed by atoms with Crippen LogP contribution in [-0.2, 0) is 6.18 Å². The lowest BCUT2D eigenvalue weighted by Gasteiger charge is -2.20. The van der Waals surface area contributed by atoms with E-state index in [1.54, 1.807) is 24.1 Å². The molecule has 0 aliphatic carbocycles. The van der Waals surface area contributed by atoms with E-state index < -0.39 is 11.7 Å². The second kappa shape index (κ2) is 8.41. The van der Waals surface area contributed by atoms with Gasteiger partial charge in [-0.05, 0) is 47.9 Å². The molecule has 0 saturated carbocycles. The Morgan fingerprint density at radius 2 is 1.62 bits per heavy atom. The summed E-state index contributed by atoms with van der Waals surface area (Å²) < 4.78 is 41.3. The Morgan fingerprint density at radius 1 is 1.00 bits per heavy atom. The Morgan fingerprint density at radius 3 is 2.17 bits per heavy atom. The first-order valence-electron chi connectivity index (χ1n) is 8.95. The second-order valence-electron chi connectivity index (χ2n) is 6.87. The molecule has 0 bridgehead atoms. The van der Waals surface area contributed by atoms with Crippen LogP contribution in [0, 0.1) is 0 Å². The Bertz CT molecular complexity index is 971. The molecule has 2 aromatic carbocycles. The molecule has 0 radical (unpaired) electrons. The highest BCUT2D eigenvalue weighted by atomic mass is 79.9. The molecule has 1 aromatic heterocycles. The molecule has 0 unspecified atom stereocenters. The van der Waals surface area contributed by atoms with Gasteiger partial charge in [-0.1, -0.05) is 41.9 Å². The zero-order valence-corrected chi connectivity index (χ0v) is 17.7. The summed E-state index contributed by atoms with van der Waals surface area (Å²) in [4.78, 5) is 9.71. The number of halogens is 4. The van der Waals surface area contributed by atoms with E-state index in [1.165, 1.54) is 0 Å². The van der Waals surface area contributed by atoms with Gasteiger partial charge in [0.15, 0.2) is 0 Å². The zero-order chi connectivity index (χ0) is 21.2. The van der Waals surface area contributed by atoms with Crippen LogP contribution >= 0.6 is 15.9 Å². The maximum Gasteiger partial charge on any atom is 0.421 e. The van der Waals surface area contributed by atoms with E-state index in [1.807, 2.05) is 36.4 Å². The molecule has 0 fully saturated rings. The quantitative estimate of drug-likeness (QED) is 0.446. The summed E-state index contributed by atoms with van der Waals surface area (Å²) in [6.07, 6.45) is -3.77. The minimum Gasteiger partial charge on any atom is -0.340 e. The average molecular weight is 465 g/mol. The van der Waals surface area contributed by atoms with Crippen LogP contribution in [0.4, 0.5) is 36.3 Å². The van der Waals surface area contributed by atoms with Crippen LogP contribution in [0.1, 0.15) is 30.9 Å². The van der Waals surface area contributed by atoms with Crippen molar-refractivity contribution in [3.63, 3.8) is 0 Å². The SMILES string of the molecule is CC(C)c1ccc(Nc2nc(N(C)c3ccc(Br)cc3)ncc2C(F)(F)F)cc1. The molecule has 0 amide bonds. The monoisotopic (exact) mass is 464 g/mol. The van der Waals surface area contributed by atoms with Crippen molar-refractivity contribution in [2.24, 2.45) is 0 Å². The van der Waals surface area contributed by atoms with Crippen molar-refractivity contribution in [1.29, 1.82) is 0 Å². The number of anilines is 4. The minimum absolute atomic E-state index is 0.154. The third kappa shape index (κ3) is 5.06. The largest absolute Gasteiger partial charge is 0.421 e. The Balaban J connectivity index is 1.96. The minimum atomic E-state index is -4.57. The van der Waals surface area contributed by atoms with E-state index in [0.717, 1.165) is 21.9 Å². The predicted molar refractivity (Wildman–Crippen MR) is 113 cm³/mol. The van der Waals surface area contributed by atoms with Gasteiger partial charge < -0.3 is 10.2 Å². The van der Waals surface area contributed by atoms with Gasteiger partial charge in [-0.3, -0.25) is 0 Å². The van der Waals surface area contributed by atoms with Crippen LogP contribution in [-0.4, -0.2) is 17.0 Å². The van der Waals surface area contributed by atoms with Crippen LogP contribution in [0.2, 0.25) is 0 Å². The summed E-state index contributed by atoms with van der Waals surface area (Å²) in [6, 6.07) is 14.6. The topological polar surface area (TPSA) is 41.1 Å². The van der Waals surface area contributed by atoms with Crippen LogP contribution in [0.5, 0.6) is 0 Å². The van der Waals surface area contributed by atoms with E-state index in [4.69, 9.17) is 0 Å². The molecule has 0 spiro atoms. The number of nitrogens with zero attached hydrogens (tertiary/aromatic N) is 3. The number of nitrogens with one attached hydrogen (secondary N) is 1. The van der Waals surface area contributed by atoms with Gasteiger partial charge in [-0.15, -0.1) is 0 Å². The summed E-state index contributed by atoms with van der Waals surface area (Å²) in [5, 5.41) is 2.80. The number of rotatable bonds is 5. The lowest BCUT2D eigenvalue weighted by Crippen LogP contribution is -2.17. The summed E-state index contributed by atoms with van der Waals surface area (Å²) >= 11 is 3.36. The molecule has 3 rings (SSSR count). The number of alkyl halides is 3. The second-order valence-corrected chi connectivity index (χ2v) is 7.78. The highest BCUT2D eigenvalue weighted by Crippen LogP contribution is 2.36. The van der Waals surface area contributed by atoms with Gasteiger partial charge in [0, 0.05) is 29.1 Å². The first-order chi connectivity index (χ1) is 13.6. The fourth-order valence-corrected chi connectivity index (χ4v) is 2.97. The van der Waals surface area contributed by atoms with Gasteiger partial charge in [-0.2, -0.15) is 18.2 Å². The highest BCUT2D eigenvalue weighted by Gasteiger charge is 2.35. The molecular formula is C21H20BrF3N4. The first kappa shape index (κ1) is 21.1. The average Bonchev–Trinajstić information content (AvgIpc) is 2.67. The van der Waals surface area contributed by atoms with Crippen molar-refractivity contribution in [3.05, 3.63) is 70.3 Å². The van der Waals surface area contributed by atoms with Gasteiger partial charge in [-0.25, -0.2) is 4.98 Å². The van der Waals surface area contributed by atoms with Crippen molar-refractivity contribution in [2.45, 2.75) is 25.9 Å². The lowest BCUT2D eigenvalue weighted by molar-refractivity contribution is -0.137.